The Morgan fingerprint density at radius 3 is 2.68 bits per heavy atom. The molecule has 2 aromatic rings. The van der Waals surface area contributed by atoms with Crippen molar-refractivity contribution in [2.75, 3.05) is 7.11 Å². The molecule has 0 saturated heterocycles. The lowest BCUT2D eigenvalue weighted by molar-refractivity contribution is -0.384. The van der Waals surface area contributed by atoms with Crippen LogP contribution >= 0.6 is 11.8 Å². The SMILES string of the molecule is COC(=O)c1cc([N+](=O)[O-])ccc1Sc1nnc(C(C)C)n1C1CC1. The van der Waals surface area contributed by atoms with Gasteiger partial charge in [-0.1, -0.05) is 13.8 Å². The molecule has 0 N–H and O–H groups in total. The summed E-state index contributed by atoms with van der Waals surface area (Å²) >= 11 is 1.28. The van der Waals surface area contributed by atoms with Crippen LogP contribution in [0.4, 0.5) is 5.69 Å². The van der Waals surface area contributed by atoms with E-state index in [0.29, 0.717) is 16.1 Å². The number of carbonyl (C=O) groups is 1. The summed E-state index contributed by atoms with van der Waals surface area (Å²) in [5.41, 5.74) is -0.00516. The monoisotopic (exact) mass is 362 g/mol. The quantitative estimate of drug-likeness (QED) is 0.440. The Balaban J connectivity index is 2.01. The first kappa shape index (κ1) is 17.4. The number of benzene rings is 1. The van der Waals surface area contributed by atoms with Crippen LogP contribution in [0.5, 0.6) is 0 Å². The van der Waals surface area contributed by atoms with Crippen molar-refractivity contribution in [3.05, 3.63) is 39.7 Å². The average Bonchev–Trinajstić information content (AvgIpc) is 3.34. The lowest BCUT2D eigenvalue weighted by atomic mass is 10.2. The molecule has 0 atom stereocenters. The van der Waals surface area contributed by atoms with Gasteiger partial charge >= 0.3 is 5.97 Å². The largest absolute Gasteiger partial charge is 0.465 e. The van der Waals surface area contributed by atoms with Crippen LogP contribution in [0.15, 0.2) is 28.3 Å². The molecule has 1 saturated carbocycles. The number of nitrogens with zero attached hydrogens (tertiary/aromatic N) is 4. The second kappa shape index (κ2) is 6.83. The summed E-state index contributed by atoms with van der Waals surface area (Å²) in [5, 5.41) is 20.2. The second-order valence-electron chi connectivity index (χ2n) is 6.13. The van der Waals surface area contributed by atoms with Gasteiger partial charge in [-0.2, -0.15) is 0 Å². The van der Waals surface area contributed by atoms with Crippen molar-refractivity contribution < 1.29 is 14.5 Å². The summed E-state index contributed by atoms with van der Waals surface area (Å²) in [4.78, 5) is 23.0. The van der Waals surface area contributed by atoms with Crippen molar-refractivity contribution in [2.45, 2.75) is 48.7 Å². The van der Waals surface area contributed by atoms with Gasteiger partial charge in [0.05, 0.1) is 17.6 Å². The number of esters is 1. The zero-order chi connectivity index (χ0) is 18.1. The van der Waals surface area contributed by atoms with E-state index in [1.54, 1.807) is 6.07 Å². The molecular formula is C16H18N4O4S. The zero-order valence-electron chi connectivity index (χ0n) is 14.1. The van der Waals surface area contributed by atoms with E-state index < -0.39 is 10.9 Å². The highest BCUT2D eigenvalue weighted by molar-refractivity contribution is 7.99. The third-order valence-electron chi connectivity index (χ3n) is 3.90. The van der Waals surface area contributed by atoms with Crippen LogP contribution in [-0.2, 0) is 4.74 Å². The fraction of sp³-hybridized carbons (Fsp3) is 0.438. The van der Waals surface area contributed by atoms with Crippen molar-refractivity contribution in [3.63, 3.8) is 0 Å². The fourth-order valence-corrected chi connectivity index (χ4v) is 3.52. The second-order valence-corrected chi connectivity index (χ2v) is 7.14. The van der Waals surface area contributed by atoms with E-state index in [1.807, 2.05) is 0 Å². The first-order chi connectivity index (χ1) is 11.9. The Bertz CT molecular complexity index is 830. The Kier molecular flexibility index (Phi) is 4.76. The number of hydrogen-bond acceptors (Lipinski definition) is 7. The summed E-state index contributed by atoms with van der Waals surface area (Å²) in [7, 11) is 1.25. The van der Waals surface area contributed by atoms with Gasteiger partial charge in [0.2, 0.25) is 0 Å². The molecule has 0 unspecified atom stereocenters. The number of non-ortho nitro benzene ring substituents is 1. The van der Waals surface area contributed by atoms with Crippen molar-refractivity contribution in [1.29, 1.82) is 0 Å². The van der Waals surface area contributed by atoms with Gasteiger partial charge in [0, 0.05) is 29.0 Å². The Morgan fingerprint density at radius 2 is 2.12 bits per heavy atom. The van der Waals surface area contributed by atoms with Gasteiger partial charge in [0.1, 0.15) is 5.82 Å². The molecule has 1 aliphatic carbocycles. The normalized spacial score (nSPS) is 13.9. The Hall–Kier alpha value is -2.42. The Labute approximate surface area is 148 Å². The summed E-state index contributed by atoms with van der Waals surface area (Å²) in [6.07, 6.45) is 2.16. The number of methoxy groups -OCH3 is 1. The number of hydrogen-bond donors (Lipinski definition) is 0. The number of aromatic nitrogens is 3. The minimum atomic E-state index is -0.618. The van der Waals surface area contributed by atoms with Crippen LogP contribution in [0.3, 0.4) is 0 Å². The van der Waals surface area contributed by atoms with Crippen molar-refractivity contribution in [2.24, 2.45) is 0 Å². The third-order valence-corrected chi connectivity index (χ3v) is 4.94. The summed E-state index contributed by atoms with van der Waals surface area (Å²) in [6, 6.07) is 4.54. The molecule has 0 bridgehead atoms. The molecule has 1 aromatic heterocycles. The van der Waals surface area contributed by atoms with Gasteiger partial charge in [0.25, 0.3) is 5.69 Å². The predicted molar refractivity (Wildman–Crippen MR) is 90.9 cm³/mol. The smallest absolute Gasteiger partial charge is 0.339 e. The number of nitro benzene ring substituents is 1. The van der Waals surface area contributed by atoms with Gasteiger partial charge in [-0.25, -0.2) is 4.79 Å². The highest BCUT2D eigenvalue weighted by Crippen LogP contribution is 2.42. The highest BCUT2D eigenvalue weighted by atomic mass is 32.2. The van der Waals surface area contributed by atoms with Crippen molar-refractivity contribution >= 4 is 23.4 Å². The van der Waals surface area contributed by atoms with Crippen molar-refractivity contribution in [1.82, 2.24) is 14.8 Å². The number of rotatable bonds is 6. The van der Waals surface area contributed by atoms with E-state index in [0.717, 1.165) is 18.7 Å². The molecule has 0 aliphatic heterocycles. The molecule has 0 spiro atoms. The van der Waals surface area contributed by atoms with E-state index >= 15 is 0 Å². The van der Waals surface area contributed by atoms with Crippen LogP contribution < -0.4 is 0 Å². The van der Waals surface area contributed by atoms with Gasteiger partial charge in [-0.15, -0.1) is 10.2 Å². The van der Waals surface area contributed by atoms with Gasteiger partial charge in [-0.3, -0.25) is 10.1 Å². The molecule has 9 heteroatoms. The standard InChI is InChI=1S/C16H18N4O4S/c1-9(2)14-17-18-16(19(14)10-4-5-10)25-13-7-6-11(20(22)23)8-12(13)15(21)24-3/h6-10H,4-5H2,1-3H3. The minimum absolute atomic E-state index is 0.151. The molecule has 132 valence electrons. The molecule has 1 heterocycles. The molecule has 8 nitrogen and oxygen atoms in total. The topological polar surface area (TPSA) is 100 Å². The van der Waals surface area contributed by atoms with Crippen LogP contribution in [0.2, 0.25) is 0 Å². The maximum Gasteiger partial charge on any atom is 0.339 e. The maximum absolute atomic E-state index is 12.0. The van der Waals surface area contributed by atoms with Crippen LogP contribution in [0.25, 0.3) is 0 Å². The average molecular weight is 362 g/mol. The lowest BCUT2D eigenvalue weighted by Crippen LogP contribution is -2.06. The number of nitro groups is 1. The first-order valence-electron chi connectivity index (χ1n) is 7.91. The molecule has 0 amide bonds. The molecule has 0 radical (unpaired) electrons. The molecule has 3 rings (SSSR count). The first-order valence-corrected chi connectivity index (χ1v) is 8.73. The van der Waals surface area contributed by atoms with Gasteiger partial charge in [-0.05, 0) is 30.7 Å². The highest BCUT2D eigenvalue weighted by Gasteiger charge is 2.31. The molecule has 1 aliphatic rings. The Morgan fingerprint density at radius 1 is 1.40 bits per heavy atom. The van der Waals surface area contributed by atoms with Crippen LogP contribution in [-0.4, -0.2) is 32.8 Å². The predicted octanol–water partition coefficient (Wildman–Crippen LogP) is 3.58. The lowest BCUT2D eigenvalue weighted by Gasteiger charge is -2.11. The van der Waals surface area contributed by atoms with Crippen LogP contribution in [0, 0.1) is 10.1 Å². The number of carbonyl (C=O) groups excluding carboxylic acids is 1. The molecular weight excluding hydrogens is 344 g/mol. The minimum Gasteiger partial charge on any atom is -0.465 e. The summed E-state index contributed by atoms with van der Waals surface area (Å²) < 4.78 is 6.87. The third kappa shape index (κ3) is 3.51. The van der Waals surface area contributed by atoms with E-state index in [2.05, 4.69) is 28.6 Å². The maximum atomic E-state index is 12.0. The summed E-state index contributed by atoms with van der Waals surface area (Å²) in [5.74, 6) is 0.527. The van der Waals surface area contributed by atoms with Gasteiger partial charge in [0.15, 0.2) is 5.16 Å². The fourth-order valence-electron chi connectivity index (χ4n) is 2.52. The number of ether oxygens (including phenoxy) is 1. The van der Waals surface area contributed by atoms with E-state index in [-0.39, 0.29) is 17.2 Å². The molecule has 25 heavy (non-hydrogen) atoms. The molecule has 1 fully saturated rings. The van der Waals surface area contributed by atoms with E-state index in [9.17, 15) is 14.9 Å². The van der Waals surface area contributed by atoms with E-state index in [1.165, 1.54) is 31.0 Å². The van der Waals surface area contributed by atoms with Crippen molar-refractivity contribution in [3.8, 4) is 0 Å². The zero-order valence-corrected chi connectivity index (χ0v) is 14.9. The van der Waals surface area contributed by atoms with E-state index in [4.69, 9.17) is 4.74 Å². The molecule has 1 aromatic carbocycles. The van der Waals surface area contributed by atoms with Crippen LogP contribution in [0.1, 0.15) is 54.8 Å². The summed E-state index contributed by atoms with van der Waals surface area (Å²) in [6.45, 7) is 4.12. The van der Waals surface area contributed by atoms with Gasteiger partial charge < -0.3 is 9.30 Å².